The Bertz CT molecular complexity index is 232. The van der Waals surface area contributed by atoms with E-state index in [4.69, 9.17) is 0 Å². The van der Waals surface area contributed by atoms with Crippen LogP contribution in [-0.4, -0.2) is 17.8 Å². The zero-order chi connectivity index (χ0) is 9.73. The second kappa shape index (κ2) is 4.76. The lowest BCUT2D eigenvalue weighted by Crippen LogP contribution is -2.08. The standard InChI is InChI=1S/C7H8F3NS2/c8-7(9,10)13-4-2-11-6-1-3-12-5-6/h1,3,5,11H,2,4H2. The van der Waals surface area contributed by atoms with Gasteiger partial charge in [0.15, 0.2) is 0 Å². The van der Waals surface area contributed by atoms with Gasteiger partial charge in [-0.1, -0.05) is 0 Å². The molecule has 0 unspecified atom stereocenters. The third-order valence-electron chi connectivity index (χ3n) is 1.22. The number of anilines is 1. The van der Waals surface area contributed by atoms with Crippen LogP contribution in [0.25, 0.3) is 0 Å². The van der Waals surface area contributed by atoms with Crippen LogP contribution in [-0.2, 0) is 0 Å². The van der Waals surface area contributed by atoms with Crippen molar-refractivity contribution >= 4 is 28.8 Å². The lowest BCUT2D eigenvalue weighted by atomic mass is 10.5. The van der Waals surface area contributed by atoms with Crippen molar-refractivity contribution in [2.45, 2.75) is 5.51 Å². The van der Waals surface area contributed by atoms with Gasteiger partial charge < -0.3 is 5.32 Å². The second-order valence-electron chi connectivity index (χ2n) is 2.23. The Morgan fingerprint density at radius 1 is 1.46 bits per heavy atom. The molecule has 1 rings (SSSR count). The summed E-state index contributed by atoms with van der Waals surface area (Å²) in [5, 5.41) is 6.62. The zero-order valence-electron chi connectivity index (χ0n) is 6.60. The molecule has 1 nitrogen and oxygen atoms in total. The summed E-state index contributed by atoms with van der Waals surface area (Å²) >= 11 is 1.51. The number of hydrogen-bond donors (Lipinski definition) is 1. The summed E-state index contributed by atoms with van der Waals surface area (Å²) in [5.74, 6) is 0.0410. The van der Waals surface area contributed by atoms with Gasteiger partial charge in [-0.25, -0.2) is 0 Å². The molecule has 0 aliphatic rings. The highest BCUT2D eigenvalue weighted by atomic mass is 32.2. The first-order valence-electron chi connectivity index (χ1n) is 3.55. The number of thiophene rings is 1. The molecule has 0 saturated carbocycles. The first kappa shape index (κ1) is 10.7. The van der Waals surface area contributed by atoms with Crippen LogP contribution in [0.5, 0.6) is 0 Å². The predicted molar refractivity (Wildman–Crippen MR) is 51.3 cm³/mol. The SMILES string of the molecule is FC(F)(F)SCCNc1ccsc1. The van der Waals surface area contributed by atoms with Crippen molar-refractivity contribution < 1.29 is 13.2 Å². The van der Waals surface area contributed by atoms with E-state index in [9.17, 15) is 13.2 Å². The van der Waals surface area contributed by atoms with Gasteiger partial charge in [-0.3, -0.25) is 0 Å². The van der Waals surface area contributed by atoms with Crippen LogP contribution >= 0.6 is 23.1 Å². The molecule has 0 atom stereocenters. The summed E-state index contributed by atoms with van der Waals surface area (Å²) in [4.78, 5) is 0. The summed E-state index contributed by atoms with van der Waals surface area (Å²) in [5.41, 5.74) is -3.23. The first-order valence-corrected chi connectivity index (χ1v) is 5.47. The van der Waals surface area contributed by atoms with Crippen LogP contribution < -0.4 is 5.32 Å². The van der Waals surface area contributed by atoms with Crippen LogP contribution in [0.15, 0.2) is 16.8 Å². The molecule has 1 N–H and O–H groups in total. The minimum absolute atomic E-state index is 0.00368. The van der Waals surface area contributed by atoms with Crippen LogP contribution in [0.3, 0.4) is 0 Å². The molecular weight excluding hydrogens is 219 g/mol. The highest BCUT2D eigenvalue weighted by Gasteiger charge is 2.27. The Labute approximate surface area is 82.3 Å². The summed E-state index contributed by atoms with van der Waals surface area (Å²) < 4.78 is 35.0. The number of thioether (sulfide) groups is 1. The topological polar surface area (TPSA) is 12.0 Å². The van der Waals surface area contributed by atoms with Gasteiger partial charge in [-0.2, -0.15) is 24.5 Å². The normalized spacial score (nSPS) is 11.6. The fourth-order valence-corrected chi connectivity index (χ4v) is 1.78. The number of rotatable bonds is 4. The van der Waals surface area contributed by atoms with Crippen molar-refractivity contribution in [1.82, 2.24) is 0 Å². The number of hydrogen-bond acceptors (Lipinski definition) is 3. The van der Waals surface area contributed by atoms with Crippen molar-refractivity contribution in [3.8, 4) is 0 Å². The van der Waals surface area contributed by atoms with Gasteiger partial charge in [0.2, 0.25) is 0 Å². The smallest absolute Gasteiger partial charge is 0.384 e. The lowest BCUT2D eigenvalue weighted by molar-refractivity contribution is -0.0327. The molecule has 0 saturated heterocycles. The zero-order valence-corrected chi connectivity index (χ0v) is 8.23. The number of halogens is 3. The molecule has 6 heteroatoms. The molecule has 0 aliphatic carbocycles. The van der Waals surface area contributed by atoms with E-state index in [0.29, 0.717) is 6.54 Å². The molecule has 13 heavy (non-hydrogen) atoms. The van der Waals surface area contributed by atoms with Crippen molar-refractivity contribution in [2.75, 3.05) is 17.6 Å². The molecule has 0 fully saturated rings. The molecule has 1 aromatic rings. The minimum Gasteiger partial charge on any atom is -0.384 e. The van der Waals surface area contributed by atoms with Crippen molar-refractivity contribution in [1.29, 1.82) is 0 Å². The highest BCUT2D eigenvalue weighted by Crippen LogP contribution is 2.29. The molecule has 0 bridgehead atoms. The van der Waals surface area contributed by atoms with Crippen molar-refractivity contribution in [2.24, 2.45) is 0 Å². The van der Waals surface area contributed by atoms with Gasteiger partial charge in [-0.15, -0.1) is 0 Å². The Hall–Kier alpha value is -0.360. The van der Waals surface area contributed by atoms with E-state index < -0.39 is 5.51 Å². The maximum absolute atomic E-state index is 11.7. The molecule has 1 aromatic heterocycles. The van der Waals surface area contributed by atoms with Gasteiger partial charge in [0.05, 0.1) is 0 Å². The van der Waals surface area contributed by atoms with Gasteiger partial charge in [0.1, 0.15) is 0 Å². The number of nitrogens with one attached hydrogen (secondary N) is 1. The van der Waals surface area contributed by atoms with E-state index in [0.717, 1.165) is 5.69 Å². The Morgan fingerprint density at radius 2 is 2.23 bits per heavy atom. The molecule has 0 aromatic carbocycles. The summed E-state index contributed by atoms with van der Waals surface area (Å²) in [6.07, 6.45) is 0. The summed E-state index contributed by atoms with van der Waals surface area (Å²) in [7, 11) is 0. The summed E-state index contributed by atoms with van der Waals surface area (Å²) in [6, 6.07) is 1.84. The van der Waals surface area contributed by atoms with Gasteiger partial charge in [0, 0.05) is 23.4 Å². The monoisotopic (exact) mass is 227 g/mol. The lowest BCUT2D eigenvalue weighted by Gasteiger charge is -2.06. The summed E-state index contributed by atoms with van der Waals surface area (Å²) in [6.45, 7) is 0.334. The minimum atomic E-state index is -4.11. The van der Waals surface area contributed by atoms with Crippen molar-refractivity contribution in [3.63, 3.8) is 0 Å². The quantitative estimate of drug-likeness (QED) is 0.791. The van der Waals surface area contributed by atoms with E-state index in [1.54, 1.807) is 0 Å². The molecular formula is C7H8F3NS2. The molecule has 0 spiro atoms. The molecule has 0 radical (unpaired) electrons. The third-order valence-corrected chi connectivity index (χ3v) is 2.64. The van der Waals surface area contributed by atoms with Crippen LogP contribution in [0, 0.1) is 0 Å². The van der Waals surface area contributed by atoms with E-state index in [1.807, 2.05) is 16.8 Å². The molecule has 1 heterocycles. The Kier molecular flexibility index (Phi) is 3.92. The van der Waals surface area contributed by atoms with Crippen molar-refractivity contribution in [3.05, 3.63) is 16.8 Å². The van der Waals surface area contributed by atoms with Gasteiger partial charge >= 0.3 is 5.51 Å². The Balaban J connectivity index is 2.09. The molecule has 0 aliphatic heterocycles. The first-order chi connectivity index (χ1) is 6.08. The van der Waals surface area contributed by atoms with E-state index in [1.165, 1.54) is 11.3 Å². The average molecular weight is 227 g/mol. The molecule has 0 amide bonds. The average Bonchev–Trinajstić information content (AvgIpc) is 2.48. The van der Waals surface area contributed by atoms with E-state index in [2.05, 4.69) is 5.32 Å². The van der Waals surface area contributed by atoms with Crippen LogP contribution in [0.1, 0.15) is 0 Å². The van der Waals surface area contributed by atoms with Gasteiger partial charge in [0.25, 0.3) is 0 Å². The fraction of sp³-hybridized carbons (Fsp3) is 0.429. The van der Waals surface area contributed by atoms with E-state index in [-0.39, 0.29) is 17.5 Å². The highest BCUT2D eigenvalue weighted by molar-refractivity contribution is 8.00. The van der Waals surface area contributed by atoms with Crippen LogP contribution in [0.4, 0.5) is 18.9 Å². The van der Waals surface area contributed by atoms with Gasteiger partial charge in [-0.05, 0) is 23.2 Å². The second-order valence-corrected chi connectivity index (χ2v) is 4.17. The number of alkyl halides is 3. The maximum Gasteiger partial charge on any atom is 0.441 e. The largest absolute Gasteiger partial charge is 0.441 e. The van der Waals surface area contributed by atoms with E-state index >= 15 is 0 Å². The molecule has 74 valence electrons. The van der Waals surface area contributed by atoms with Crippen LogP contribution in [0.2, 0.25) is 0 Å². The fourth-order valence-electron chi connectivity index (χ4n) is 0.727. The third kappa shape index (κ3) is 5.05. The predicted octanol–water partition coefficient (Wildman–Crippen LogP) is 3.41. The maximum atomic E-state index is 11.7. The Morgan fingerprint density at radius 3 is 2.77 bits per heavy atom.